The highest BCUT2D eigenvalue weighted by molar-refractivity contribution is 7.98. The number of carbonyl (C=O) groups is 2. The topological polar surface area (TPSA) is 84.0 Å². The highest BCUT2D eigenvalue weighted by Gasteiger charge is 2.18. The smallest absolute Gasteiger partial charge is 0.267 e. The van der Waals surface area contributed by atoms with Crippen LogP contribution in [-0.2, 0) is 5.75 Å². The van der Waals surface area contributed by atoms with Crippen molar-refractivity contribution in [2.24, 2.45) is 0 Å². The second-order valence-electron chi connectivity index (χ2n) is 6.47. The van der Waals surface area contributed by atoms with Gasteiger partial charge in [-0.05, 0) is 19.1 Å². The van der Waals surface area contributed by atoms with Crippen molar-refractivity contribution in [3.05, 3.63) is 87.3 Å². The first-order chi connectivity index (χ1) is 15.1. The zero-order chi connectivity index (χ0) is 21.6. The van der Waals surface area contributed by atoms with Crippen molar-refractivity contribution in [3.8, 4) is 10.6 Å². The fraction of sp³-hybridized carbons (Fsp3) is 0.0909. The van der Waals surface area contributed by atoms with E-state index in [0.29, 0.717) is 21.9 Å². The first kappa shape index (κ1) is 21.2. The Bertz CT molecular complexity index is 1190. The Balaban J connectivity index is 1.41. The lowest BCUT2D eigenvalue weighted by atomic mass is 10.2. The van der Waals surface area contributed by atoms with E-state index in [0.717, 1.165) is 21.2 Å². The van der Waals surface area contributed by atoms with E-state index in [1.807, 2.05) is 47.8 Å². The van der Waals surface area contributed by atoms with E-state index in [2.05, 4.69) is 20.8 Å². The average Bonchev–Trinajstić information content (AvgIpc) is 3.46. The monoisotopic (exact) mass is 466 g/mol. The number of nitrogens with one attached hydrogen (secondary N) is 2. The molecule has 31 heavy (non-hydrogen) atoms. The molecule has 9 heteroatoms. The number of hydrogen-bond acceptors (Lipinski definition) is 7. The van der Waals surface area contributed by atoms with E-state index in [1.54, 1.807) is 35.9 Å². The number of rotatable bonds is 6. The van der Waals surface area contributed by atoms with Gasteiger partial charge in [0.25, 0.3) is 11.8 Å². The van der Waals surface area contributed by atoms with Crippen molar-refractivity contribution >= 4 is 46.2 Å². The third-order valence-electron chi connectivity index (χ3n) is 4.30. The Labute approximate surface area is 191 Å². The van der Waals surface area contributed by atoms with Crippen LogP contribution >= 0.6 is 34.4 Å². The van der Waals surface area contributed by atoms with E-state index in [4.69, 9.17) is 0 Å². The highest BCUT2D eigenvalue weighted by Crippen LogP contribution is 2.28. The summed E-state index contributed by atoms with van der Waals surface area (Å²) < 4.78 is 0. The lowest BCUT2D eigenvalue weighted by Gasteiger charge is -2.10. The van der Waals surface area contributed by atoms with Gasteiger partial charge in [-0.1, -0.05) is 42.5 Å². The Hall–Kier alpha value is -3.01. The molecule has 4 rings (SSSR count). The normalized spacial score (nSPS) is 10.6. The number of nitrogens with zero attached hydrogens (tertiary/aromatic N) is 2. The van der Waals surface area contributed by atoms with Gasteiger partial charge in [-0.3, -0.25) is 20.4 Å². The van der Waals surface area contributed by atoms with Gasteiger partial charge in [0.2, 0.25) is 0 Å². The summed E-state index contributed by atoms with van der Waals surface area (Å²) in [5.41, 5.74) is 9.85. The van der Waals surface area contributed by atoms with Crippen LogP contribution in [0.25, 0.3) is 10.6 Å². The van der Waals surface area contributed by atoms with Gasteiger partial charge in [-0.2, -0.15) is 0 Å². The van der Waals surface area contributed by atoms with Gasteiger partial charge in [-0.25, -0.2) is 9.97 Å². The molecule has 2 aromatic carbocycles. The summed E-state index contributed by atoms with van der Waals surface area (Å²) in [4.78, 5) is 35.4. The second kappa shape index (κ2) is 9.86. The standard InChI is InChI=1S/C22H18N4O2S3/c1-14-19(31-22(24-14)15-7-3-2-4-8-15)21(28)26-25-20(27)17-9-5-6-10-18(17)30-12-16-11-29-13-23-16/h2-11,13H,12H2,1H3,(H,25,27)(H,26,28). The number of hydrazine groups is 1. The van der Waals surface area contributed by atoms with E-state index >= 15 is 0 Å². The van der Waals surface area contributed by atoms with Gasteiger partial charge < -0.3 is 0 Å². The zero-order valence-electron chi connectivity index (χ0n) is 16.5. The maximum Gasteiger partial charge on any atom is 0.281 e. The van der Waals surface area contributed by atoms with Gasteiger partial charge in [-0.15, -0.1) is 34.4 Å². The minimum Gasteiger partial charge on any atom is -0.267 e. The highest BCUT2D eigenvalue weighted by atomic mass is 32.2. The Morgan fingerprint density at radius 1 is 1.00 bits per heavy atom. The number of carbonyl (C=O) groups excluding carboxylic acids is 2. The van der Waals surface area contributed by atoms with Crippen molar-refractivity contribution < 1.29 is 9.59 Å². The van der Waals surface area contributed by atoms with Gasteiger partial charge in [0.15, 0.2) is 0 Å². The van der Waals surface area contributed by atoms with Crippen molar-refractivity contribution in [3.63, 3.8) is 0 Å². The van der Waals surface area contributed by atoms with Gasteiger partial charge in [0.1, 0.15) is 9.88 Å². The molecular formula is C22H18N4O2S3. The van der Waals surface area contributed by atoms with Gasteiger partial charge >= 0.3 is 0 Å². The van der Waals surface area contributed by atoms with Gasteiger partial charge in [0, 0.05) is 21.6 Å². The summed E-state index contributed by atoms with van der Waals surface area (Å²) in [5.74, 6) is -0.0963. The predicted molar refractivity (Wildman–Crippen MR) is 125 cm³/mol. The largest absolute Gasteiger partial charge is 0.281 e. The molecule has 0 spiro atoms. The number of thioether (sulfide) groups is 1. The molecule has 2 heterocycles. The van der Waals surface area contributed by atoms with Crippen molar-refractivity contribution in [2.45, 2.75) is 17.6 Å². The van der Waals surface area contributed by atoms with Crippen LogP contribution < -0.4 is 10.9 Å². The van der Waals surface area contributed by atoms with E-state index in [9.17, 15) is 9.59 Å². The fourth-order valence-corrected chi connectivity index (χ4v) is 5.37. The molecule has 2 amide bonds. The molecule has 2 aromatic heterocycles. The molecule has 6 nitrogen and oxygen atoms in total. The molecule has 0 fully saturated rings. The Morgan fingerprint density at radius 2 is 1.74 bits per heavy atom. The summed E-state index contributed by atoms with van der Waals surface area (Å²) in [6, 6.07) is 17.0. The van der Waals surface area contributed by atoms with E-state index in [1.165, 1.54) is 23.1 Å². The number of thiazole rings is 2. The molecule has 0 saturated heterocycles. The van der Waals surface area contributed by atoms with Crippen molar-refractivity contribution in [1.29, 1.82) is 0 Å². The minimum absolute atomic E-state index is 0.375. The summed E-state index contributed by atoms with van der Waals surface area (Å²) in [6.07, 6.45) is 0. The maximum atomic E-state index is 12.7. The summed E-state index contributed by atoms with van der Waals surface area (Å²) in [6.45, 7) is 1.78. The molecule has 156 valence electrons. The molecule has 4 aromatic rings. The number of aryl methyl sites for hydroxylation is 1. The van der Waals surface area contributed by atoms with Crippen LogP contribution in [0.2, 0.25) is 0 Å². The summed E-state index contributed by atoms with van der Waals surface area (Å²) in [5, 5.41) is 2.75. The van der Waals surface area contributed by atoms with Crippen molar-refractivity contribution in [1.82, 2.24) is 20.8 Å². The summed E-state index contributed by atoms with van der Waals surface area (Å²) in [7, 11) is 0. The average molecular weight is 467 g/mol. The number of hydrogen-bond donors (Lipinski definition) is 2. The predicted octanol–water partition coefficient (Wildman–Crippen LogP) is 4.94. The SMILES string of the molecule is Cc1nc(-c2ccccc2)sc1C(=O)NNC(=O)c1ccccc1SCc1cscn1. The Kier molecular flexibility index (Phi) is 6.76. The molecule has 0 aliphatic carbocycles. The lowest BCUT2D eigenvalue weighted by molar-refractivity contribution is 0.0846. The summed E-state index contributed by atoms with van der Waals surface area (Å²) >= 11 is 4.36. The van der Waals surface area contributed by atoms with E-state index < -0.39 is 5.91 Å². The molecule has 0 atom stereocenters. The number of amides is 2. The van der Waals surface area contributed by atoms with Crippen LogP contribution in [0.4, 0.5) is 0 Å². The molecule has 0 radical (unpaired) electrons. The van der Waals surface area contributed by atoms with Gasteiger partial charge in [0.05, 0.1) is 22.5 Å². The van der Waals surface area contributed by atoms with Crippen LogP contribution in [0, 0.1) is 6.92 Å². The van der Waals surface area contributed by atoms with Crippen LogP contribution in [0.5, 0.6) is 0 Å². The third kappa shape index (κ3) is 5.19. The first-order valence-corrected chi connectivity index (χ1v) is 12.1. The maximum absolute atomic E-state index is 12.7. The molecule has 0 bridgehead atoms. The molecule has 2 N–H and O–H groups in total. The quantitative estimate of drug-likeness (QED) is 0.311. The molecule has 0 unspecified atom stereocenters. The first-order valence-electron chi connectivity index (χ1n) is 9.34. The van der Waals surface area contributed by atoms with Crippen LogP contribution in [0.3, 0.4) is 0 Å². The molecular weight excluding hydrogens is 448 g/mol. The van der Waals surface area contributed by atoms with Crippen LogP contribution in [-0.4, -0.2) is 21.8 Å². The van der Waals surface area contributed by atoms with Crippen molar-refractivity contribution in [2.75, 3.05) is 0 Å². The molecule has 0 saturated carbocycles. The lowest BCUT2D eigenvalue weighted by Crippen LogP contribution is -2.41. The Morgan fingerprint density at radius 3 is 2.52 bits per heavy atom. The molecule has 0 aliphatic rings. The number of benzene rings is 2. The zero-order valence-corrected chi connectivity index (χ0v) is 18.9. The second-order valence-corrected chi connectivity index (χ2v) is 9.21. The van der Waals surface area contributed by atoms with E-state index in [-0.39, 0.29) is 5.91 Å². The molecule has 0 aliphatic heterocycles. The van der Waals surface area contributed by atoms with Crippen LogP contribution in [0.15, 0.2) is 70.4 Å². The third-order valence-corrected chi connectivity index (χ3v) is 7.25. The minimum atomic E-state index is -0.391. The number of aromatic nitrogens is 2. The van der Waals surface area contributed by atoms with Crippen LogP contribution in [0.1, 0.15) is 31.4 Å². The fourth-order valence-electron chi connectivity index (χ4n) is 2.79.